The first-order valence-corrected chi connectivity index (χ1v) is 7.81. The molecule has 8 heteroatoms. The van der Waals surface area contributed by atoms with Gasteiger partial charge in [-0.2, -0.15) is 0 Å². The monoisotopic (exact) mass is 347 g/mol. The number of carboxylic acid groups (broad SMARTS) is 1. The highest BCUT2D eigenvalue weighted by Crippen LogP contribution is 2.32. The predicted octanol–water partition coefficient (Wildman–Crippen LogP) is 2.48. The Balaban J connectivity index is 1.70. The molecule has 4 rings (SSSR count). The van der Waals surface area contributed by atoms with Crippen molar-refractivity contribution >= 4 is 29.2 Å². The summed E-state index contributed by atoms with van der Waals surface area (Å²) in [6.45, 7) is 0. The van der Waals surface area contributed by atoms with Crippen LogP contribution in [0.4, 0.5) is 17.3 Å². The minimum absolute atomic E-state index is 0.147. The van der Waals surface area contributed by atoms with Gasteiger partial charge in [0.2, 0.25) is 11.9 Å². The van der Waals surface area contributed by atoms with Gasteiger partial charge in [0.15, 0.2) is 0 Å². The maximum atomic E-state index is 12.0. The number of hydrogen-bond donors (Lipinski definition) is 3. The van der Waals surface area contributed by atoms with Crippen LogP contribution in [0, 0.1) is 0 Å². The summed E-state index contributed by atoms with van der Waals surface area (Å²) in [5.41, 5.74) is 3.61. The lowest BCUT2D eigenvalue weighted by Crippen LogP contribution is -2.12. The Kier molecular flexibility index (Phi) is 3.77. The third-order valence-electron chi connectivity index (χ3n) is 3.95. The standard InChI is InChI=1S/C18H13N5O3/c24-15-7-11-8-20-18(21-12-3-1-10(2-4-12)17(25)26)23-16(11)13-5-6-19-9-14(13)22-15/h1-6,8-9H,7H2,(H,22,24)(H,25,26)(H,20,21,23). The summed E-state index contributed by atoms with van der Waals surface area (Å²) < 4.78 is 0. The number of anilines is 3. The van der Waals surface area contributed by atoms with E-state index in [0.717, 1.165) is 11.1 Å². The molecule has 8 nitrogen and oxygen atoms in total. The van der Waals surface area contributed by atoms with E-state index in [4.69, 9.17) is 5.11 Å². The van der Waals surface area contributed by atoms with Crippen LogP contribution in [0.3, 0.4) is 0 Å². The number of fused-ring (bicyclic) bond motifs is 3. The van der Waals surface area contributed by atoms with Crippen molar-refractivity contribution in [2.24, 2.45) is 0 Å². The van der Waals surface area contributed by atoms with Gasteiger partial charge in [-0.3, -0.25) is 9.78 Å². The Morgan fingerprint density at radius 1 is 1.15 bits per heavy atom. The molecular weight excluding hydrogens is 334 g/mol. The minimum Gasteiger partial charge on any atom is -0.478 e. The number of rotatable bonds is 3. The van der Waals surface area contributed by atoms with Gasteiger partial charge >= 0.3 is 5.97 Å². The first-order valence-electron chi connectivity index (χ1n) is 7.81. The number of nitrogens with one attached hydrogen (secondary N) is 2. The second-order valence-electron chi connectivity index (χ2n) is 5.72. The van der Waals surface area contributed by atoms with Gasteiger partial charge in [0.25, 0.3) is 0 Å². The van der Waals surface area contributed by atoms with E-state index < -0.39 is 5.97 Å². The number of carbonyl (C=O) groups is 2. The number of carbonyl (C=O) groups excluding carboxylic acids is 1. The van der Waals surface area contributed by atoms with Gasteiger partial charge in [-0.25, -0.2) is 14.8 Å². The molecule has 0 aliphatic carbocycles. The smallest absolute Gasteiger partial charge is 0.335 e. The van der Waals surface area contributed by atoms with Crippen molar-refractivity contribution in [3.8, 4) is 11.3 Å². The zero-order chi connectivity index (χ0) is 18.1. The summed E-state index contributed by atoms with van der Waals surface area (Å²) in [6.07, 6.45) is 5.02. The third kappa shape index (κ3) is 2.95. The van der Waals surface area contributed by atoms with Gasteiger partial charge in [0.1, 0.15) is 0 Å². The van der Waals surface area contributed by atoms with Crippen molar-refractivity contribution in [1.29, 1.82) is 0 Å². The molecule has 0 radical (unpaired) electrons. The zero-order valence-corrected chi connectivity index (χ0v) is 13.4. The van der Waals surface area contributed by atoms with Crippen molar-refractivity contribution in [1.82, 2.24) is 15.0 Å². The van der Waals surface area contributed by atoms with Gasteiger partial charge in [-0.1, -0.05) is 0 Å². The summed E-state index contributed by atoms with van der Waals surface area (Å²) in [7, 11) is 0. The minimum atomic E-state index is -0.986. The Hall–Kier alpha value is -3.81. The molecule has 128 valence electrons. The molecule has 0 spiro atoms. The highest BCUT2D eigenvalue weighted by Gasteiger charge is 2.21. The van der Waals surface area contributed by atoms with Crippen molar-refractivity contribution in [2.75, 3.05) is 10.6 Å². The highest BCUT2D eigenvalue weighted by molar-refractivity contribution is 5.99. The first-order chi connectivity index (χ1) is 12.6. The summed E-state index contributed by atoms with van der Waals surface area (Å²) in [5, 5.41) is 14.8. The number of aromatic carboxylic acids is 1. The third-order valence-corrected chi connectivity index (χ3v) is 3.95. The molecule has 3 heterocycles. The highest BCUT2D eigenvalue weighted by atomic mass is 16.4. The Morgan fingerprint density at radius 3 is 2.73 bits per heavy atom. The largest absolute Gasteiger partial charge is 0.478 e. The lowest BCUT2D eigenvalue weighted by atomic mass is 10.1. The van der Waals surface area contributed by atoms with Crippen LogP contribution < -0.4 is 10.6 Å². The van der Waals surface area contributed by atoms with Gasteiger partial charge in [0.05, 0.1) is 29.6 Å². The van der Waals surface area contributed by atoms with Crippen LogP contribution in [0.15, 0.2) is 48.9 Å². The van der Waals surface area contributed by atoms with Crippen molar-refractivity contribution < 1.29 is 14.7 Å². The van der Waals surface area contributed by atoms with E-state index in [9.17, 15) is 9.59 Å². The number of amides is 1. The second-order valence-corrected chi connectivity index (χ2v) is 5.72. The molecule has 1 aliphatic heterocycles. The van der Waals surface area contributed by atoms with Crippen LogP contribution in [0.2, 0.25) is 0 Å². The normalized spacial score (nSPS) is 12.4. The molecule has 0 saturated heterocycles. The first kappa shape index (κ1) is 15.7. The lowest BCUT2D eigenvalue weighted by molar-refractivity contribution is -0.115. The number of hydrogen-bond acceptors (Lipinski definition) is 6. The van der Waals surface area contributed by atoms with Crippen LogP contribution in [0.5, 0.6) is 0 Å². The van der Waals surface area contributed by atoms with Gasteiger partial charge < -0.3 is 15.7 Å². The molecule has 1 amide bonds. The molecule has 2 aromatic heterocycles. The molecular formula is C18H13N5O3. The SMILES string of the molecule is O=C1Cc2cnc(Nc3ccc(C(=O)O)cc3)nc2-c2ccncc2N1. The summed E-state index contributed by atoms with van der Waals surface area (Å²) in [6, 6.07) is 8.07. The van der Waals surface area contributed by atoms with Crippen LogP contribution in [0.25, 0.3) is 11.3 Å². The summed E-state index contributed by atoms with van der Waals surface area (Å²) in [5.74, 6) is -0.782. The van der Waals surface area contributed by atoms with E-state index in [-0.39, 0.29) is 17.9 Å². The number of carboxylic acids is 1. The van der Waals surface area contributed by atoms with E-state index >= 15 is 0 Å². The Bertz CT molecular complexity index is 1020. The maximum absolute atomic E-state index is 12.0. The van der Waals surface area contributed by atoms with Crippen LogP contribution in [-0.2, 0) is 11.2 Å². The molecule has 1 aromatic carbocycles. The summed E-state index contributed by atoms with van der Waals surface area (Å²) in [4.78, 5) is 35.8. The van der Waals surface area contributed by atoms with Crippen LogP contribution in [-0.4, -0.2) is 31.9 Å². The topological polar surface area (TPSA) is 117 Å². The van der Waals surface area contributed by atoms with E-state index in [0.29, 0.717) is 23.0 Å². The van der Waals surface area contributed by atoms with Crippen LogP contribution >= 0.6 is 0 Å². The molecule has 0 bridgehead atoms. The van der Waals surface area contributed by atoms with E-state index in [1.165, 1.54) is 12.1 Å². The maximum Gasteiger partial charge on any atom is 0.335 e. The lowest BCUT2D eigenvalue weighted by Gasteiger charge is -2.10. The van der Waals surface area contributed by atoms with Gasteiger partial charge in [-0.05, 0) is 30.3 Å². The van der Waals surface area contributed by atoms with Crippen LogP contribution in [0.1, 0.15) is 15.9 Å². The fraction of sp³-hybridized carbons (Fsp3) is 0.0556. The summed E-state index contributed by atoms with van der Waals surface area (Å²) >= 11 is 0. The molecule has 0 atom stereocenters. The number of nitrogens with zero attached hydrogens (tertiary/aromatic N) is 3. The van der Waals surface area contributed by atoms with Crippen molar-refractivity contribution in [2.45, 2.75) is 6.42 Å². The number of benzene rings is 1. The van der Waals surface area contributed by atoms with Gasteiger partial charge in [0, 0.05) is 29.2 Å². The fourth-order valence-corrected chi connectivity index (χ4v) is 2.72. The quantitative estimate of drug-likeness (QED) is 0.666. The van der Waals surface area contributed by atoms with E-state index in [1.54, 1.807) is 36.8 Å². The van der Waals surface area contributed by atoms with E-state index in [2.05, 4.69) is 25.6 Å². The zero-order valence-electron chi connectivity index (χ0n) is 13.4. The molecule has 26 heavy (non-hydrogen) atoms. The Morgan fingerprint density at radius 2 is 1.96 bits per heavy atom. The predicted molar refractivity (Wildman–Crippen MR) is 94.3 cm³/mol. The molecule has 0 fully saturated rings. The number of aromatic nitrogens is 3. The molecule has 0 saturated carbocycles. The average molecular weight is 347 g/mol. The molecule has 0 unspecified atom stereocenters. The average Bonchev–Trinajstić information content (AvgIpc) is 2.77. The fourth-order valence-electron chi connectivity index (χ4n) is 2.72. The second kappa shape index (κ2) is 6.25. The Labute approximate surface area is 148 Å². The van der Waals surface area contributed by atoms with Crippen molar-refractivity contribution in [3.63, 3.8) is 0 Å². The molecule has 3 aromatic rings. The van der Waals surface area contributed by atoms with E-state index in [1.807, 2.05) is 0 Å². The molecule has 3 N–H and O–H groups in total. The number of pyridine rings is 1. The van der Waals surface area contributed by atoms with Gasteiger partial charge in [-0.15, -0.1) is 0 Å². The van der Waals surface area contributed by atoms with Crippen molar-refractivity contribution in [3.05, 3.63) is 60.0 Å². The molecule has 1 aliphatic rings.